The van der Waals surface area contributed by atoms with Gasteiger partial charge in [-0.3, -0.25) is 4.40 Å². The molecule has 2 aromatic heterocycles. The smallest absolute Gasteiger partial charge is 0.180 e. The molecule has 6 heteroatoms. The van der Waals surface area contributed by atoms with E-state index in [0.29, 0.717) is 19.0 Å². The van der Waals surface area contributed by atoms with E-state index in [2.05, 4.69) is 15.3 Å². The lowest BCUT2D eigenvalue weighted by Gasteiger charge is -2.10. The van der Waals surface area contributed by atoms with E-state index in [1.807, 2.05) is 16.7 Å². The molecular formula is C15H16N4O2. The highest BCUT2D eigenvalue weighted by Crippen LogP contribution is 2.25. The van der Waals surface area contributed by atoms with Crippen molar-refractivity contribution in [2.24, 2.45) is 0 Å². The fourth-order valence-corrected chi connectivity index (χ4v) is 2.19. The fraction of sp³-hybridized carbons (Fsp3) is 0.200. The highest BCUT2D eigenvalue weighted by atomic mass is 16.5. The molecule has 2 N–H and O–H groups in total. The van der Waals surface area contributed by atoms with Crippen molar-refractivity contribution < 1.29 is 9.84 Å². The van der Waals surface area contributed by atoms with Gasteiger partial charge in [0.25, 0.3) is 0 Å². The first kappa shape index (κ1) is 13.4. The normalized spacial score (nSPS) is 10.9. The zero-order chi connectivity index (χ0) is 14.7. The average Bonchev–Trinajstić information content (AvgIpc) is 2.97. The number of aromatic nitrogens is 3. The Hall–Kier alpha value is -2.60. The summed E-state index contributed by atoms with van der Waals surface area (Å²) in [5.41, 5.74) is 2.50. The first-order valence-electron chi connectivity index (χ1n) is 6.64. The number of ether oxygens (including phenoxy) is 1. The Kier molecular flexibility index (Phi) is 3.70. The van der Waals surface area contributed by atoms with Gasteiger partial charge >= 0.3 is 0 Å². The van der Waals surface area contributed by atoms with E-state index in [1.54, 1.807) is 37.7 Å². The number of imidazole rings is 1. The number of nitrogens with zero attached hydrogens (tertiary/aromatic N) is 3. The van der Waals surface area contributed by atoms with Crippen molar-refractivity contribution >= 4 is 11.5 Å². The lowest BCUT2D eigenvalue weighted by Crippen LogP contribution is -2.10. The number of hydrogen-bond acceptors (Lipinski definition) is 5. The van der Waals surface area contributed by atoms with Gasteiger partial charge in [0, 0.05) is 31.6 Å². The Labute approximate surface area is 122 Å². The minimum atomic E-state index is 0.225. The SMILES string of the molecule is COCCNc1ncc(-c2cccc(O)c2)n2ccnc12. The summed E-state index contributed by atoms with van der Waals surface area (Å²) in [6.07, 6.45) is 5.36. The molecule has 0 aliphatic carbocycles. The quantitative estimate of drug-likeness (QED) is 0.702. The summed E-state index contributed by atoms with van der Waals surface area (Å²) in [5.74, 6) is 0.934. The molecule has 6 nitrogen and oxygen atoms in total. The van der Waals surface area contributed by atoms with E-state index in [9.17, 15) is 5.11 Å². The molecule has 0 amide bonds. The van der Waals surface area contributed by atoms with Crippen molar-refractivity contribution in [1.29, 1.82) is 0 Å². The summed E-state index contributed by atoms with van der Waals surface area (Å²) < 4.78 is 6.96. The predicted molar refractivity (Wildman–Crippen MR) is 80.5 cm³/mol. The van der Waals surface area contributed by atoms with Crippen molar-refractivity contribution in [3.63, 3.8) is 0 Å². The van der Waals surface area contributed by atoms with E-state index in [0.717, 1.165) is 16.9 Å². The van der Waals surface area contributed by atoms with Gasteiger partial charge in [-0.15, -0.1) is 0 Å². The lowest BCUT2D eigenvalue weighted by molar-refractivity contribution is 0.210. The number of methoxy groups -OCH3 is 1. The third kappa shape index (κ3) is 2.66. The molecule has 0 spiro atoms. The highest BCUT2D eigenvalue weighted by molar-refractivity contribution is 5.70. The van der Waals surface area contributed by atoms with E-state index in [4.69, 9.17) is 4.74 Å². The molecule has 108 valence electrons. The number of anilines is 1. The summed E-state index contributed by atoms with van der Waals surface area (Å²) >= 11 is 0. The fourth-order valence-electron chi connectivity index (χ4n) is 2.19. The molecule has 1 aromatic carbocycles. The molecule has 0 radical (unpaired) electrons. The van der Waals surface area contributed by atoms with Crippen molar-refractivity contribution in [1.82, 2.24) is 14.4 Å². The second-order valence-electron chi connectivity index (χ2n) is 4.58. The Morgan fingerprint density at radius 3 is 3.05 bits per heavy atom. The summed E-state index contributed by atoms with van der Waals surface area (Å²) in [4.78, 5) is 8.77. The van der Waals surface area contributed by atoms with Crippen LogP contribution in [0.25, 0.3) is 16.9 Å². The largest absolute Gasteiger partial charge is 0.508 e. The van der Waals surface area contributed by atoms with E-state index in [1.165, 1.54) is 0 Å². The van der Waals surface area contributed by atoms with Crippen LogP contribution in [-0.4, -0.2) is 39.7 Å². The van der Waals surface area contributed by atoms with Gasteiger partial charge in [0.1, 0.15) is 5.75 Å². The summed E-state index contributed by atoms with van der Waals surface area (Å²) in [6, 6.07) is 7.07. The first-order chi connectivity index (χ1) is 10.3. The molecule has 0 saturated carbocycles. The second-order valence-corrected chi connectivity index (χ2v) is 4.58. The summed E-state index contributed by atoms with van der Waals surface area (Å²) in [6.45, 7) is 1.26. The molecular weight excluding hydrogens is 268 g/mol. The lowest BCUT2D eigenvalue weighted by atomic mass is 10.1. The van der Waals surface area contributed by atoms with Gasteiger partial charge < -0.3 is 15.2 Å². The monoisotopic (exact) mass is 284 g/mol. The highest BCUT2D eigenvalue weighted by Gasteiger charge is 2.10. The van der Waals surface area contributed by atoms with Crippen LogP contribution < -0.4 is 5.32 Å². The van der Waals surface area contributed by atoms with E-state index < -0.39 is 0 Å². The molecule has 3 rings (SSSR count). The van der Waals surface area contributed by atoms with Gasteiger partial charge in [0.15, 0.2) is 11.5 Å². The maximum Gasteiger partial charge on any atom is 0.180 e. The van der Waals surface area contributed by atoms with Crippen LogP contribution in [0, 0.1) is 0 Å². The molecule has 0 aliphatic rings. The van der Waals surface area contributed by atoms with Gasteiger partial charge in [-0.05, 0) is 12.1 Å². The number of hydrogen-bond donors (Lipinski definition) is 2. The molecule has 3 aromatic rings. The van der Waals surface area contributed by atoms with Crippen molar-refractivity contribution in [2.75, 3.05) is 25.6 Å². The van der Waals surface area contributed by atoms with Crippen LogP contribution in [0.4, 0.5) is 5.82 Å². The Morgan fingerprint density at radius 2 is 2.24 bits per heavy atom. The van der Waals surface area contributed by atoms with Gasteiger partial charge in [-0.25, -0.2) is 9.97 Å². The molecule has 0 bridgehead atoms. The minimum Gasteiger partial charge on any atom is -0.508 e. The van der Waals surface area contributed by atoms with Gasteiger partial charge in [-0.2, -0.15) is 0 Å². The molecule has 0 unspecified atom stereocenters. The van der Waals surface area contributed by atoms with Crippen LogP contribution in [-0.2, 0) is 4.74 Å². The van der Waals surface area contributed by atoms with Crippen LogP contribution in [0.3, 0.4) is 0 Å². The predicted octanol–water partition coefficient (Wildman–Crippen LogP) is 2.16. The molecule has 21 heavy (non-hydrogen) atoms. The second kappa shape index (κ2) is 5.80. The molecule has 0 fully saturated rings. The topological polar surface area (TPSA) is 71.7 Å². The number of phenolic OH excluding ortho intramolecular Hbond substituents is 1. The Balaban J connectivity index is 2.02. The van der Waals surface area contributed by atoms with Crippen LogP contribution in [0.5, 0.6) is 5.75 Å². The van der Waals surface area contributed by atoms with Crippen molar-refractivity contribution in [2.45, 2.75) is 0 Å². The van der Waals surface area contributed by atoms with Gasteiger partial charge in [0.2, 0.25) is 0 Å². The zero-order valence-electron chi connectivity index (χ0n) is 11.7. The molecule has 2 heterocycles. The molecule has 0 saturated heterocycles. The number of rotatable bonds is 5. The maximum atomic E-state index is 9.62. The number of benzene rings is 1. The zero-order valence-corrected chi connectivity index (χ0v) is 11.7. The van der Waals surface area contributed by atoms with Crippen LogP contribution in [0.2, 0.25) is 0 Å². The Bertz CT molecular complexity index is 754. The van der Waals surface area contributed by atoms with Crippen molar-refractivity contribution in [3.05, 3.63) is 42.9 Å². The molecule has 0 aliphatic heterocycles. The average molecular weight is 284 g/mol. The van der Waals surface area contributed by atoms with E-state index >= 15 is 0 Å². The molecule has 0 atom stereocenters. The minimum absolute atomic E-state index is 0.225. The first-order valence-corrected chi connectivity index (χ1v) is 6.64. The number of nitrogens with one attached hydrogen (secondary N) is 1. The Morgan fingerprint density at radius 1 is 1.33 bits per heavy atom. The standard InChI is InChI=1S/C15H16N4O2/c1-21-8-6-16-14-15-17-5-7-19(15)13(10-18-14)11-3-2-4-12(20)9-11/h2-5,7,9-10,20H,6,8H2,1H3,(H,16,18). The maximum absolute atomic E-state index is 9.62. The summed E-state index contributed by atoms with van der Waals surface area (Å²) in [5, 5.41) is 12.8. The van der Waals surface area contributed by atoms with Crippen molar-refractivity contribution in [3.8, 4) is 17.0 Å². The van der Waals surface area contributed by atoms with Gasteiger partial charge in [-0.1, -0.05) is 12.1 Å². The van der Waals surface area contributed by atoms with Gasteiger partial charge in [0.05, 0.1) is 18.5 Å². The van der Waals surface area contributed by atoms with Crippen LogP contribution in [0.15, 0.2) is 42.9 Å². The van der Waals surface area contributed by atoms with Crippen LogP contribution >= 0.6 is 0 Å². The van der Waals surface area contributed by atoms with E-state index in [-0.39, 0.29) is 5.75 Å². The number of fused-ring (bicyclic) bond motifs is 1. The number of aromatic hydroxyl groups is 1. The summed E-state index contributed by atoms with van der Waals surface area (Å²) in [7, 11) is 1.66. The van der Waals surface area contributed by atoms with Crippen LogP contribution in [0.1, 0.15) is 0 Å². The number of phenols is 1. The third-order valence-corrected chi connectivity index (χ3v) is 3.17. The third-order valence-electron chi connectivity index (χ3n) is 3.17.